The van der Waals surface area contributed by atoms with Gasteiger partial charge < -0.3 is 15.2 Å². The Kier molecular flexibility index (Phi) is 4.63. The van der Waals surface area contributed by atoms with Gasteiger partial charge in [-0.1, -0.05) is 44.2 Å². The topological polar surface area (TPSA) is 48.1 Å². The molecule has 4 rings (SSSR count). The zero-order chi connectivity index (χ0) is 19.8. The average Bonchev–Trinajstić information content (AvgIpc) is 3.09. The number of nitrogens with one attached hydrogen (secondary N) is 2. The molecule has 2 aromatic carbocycles. The maximum Gasteiger partial charge on any atom is 0.248 e. The minimum Gasteiger partial charge on any atom is -0.369 e. The van der Waals surface area contributed by atoms with Gasteiger partial charge in [-0.05, 0) is 29.2 Å². The highest BCUT2D eigenvalue weighted by Gasteiger charge is 2.29. The van der Waals surface area contributed by atoms with E-state index < -0.39 is 17.2 Å². The number of rotatable bonds is 4. The van der Waals surface area contributed by atoms with E-state index in [1.54, 1.807) is 0 Å². The third-order valence-corrected chi connectivity index (χ3v) is 5.07. The highest BCUT2D eigenvalue weighted by molar-refractivity contribution is 5.82. The molecule has 1 aliphatic heterocycles. The number of pyridine rings is 1. The lowest BCUT2D eigenvalue weighted by Gasteiger charge is -2.32. The molecule has 0 saturated heterocycles. The number of hydrogen-bond acceptors (Lipinski definition) is 3. The third-order valence-electron chi connectivity index (χ3n) is 5.07. The molecule has 28 heavy (non-hydrogen) atoms. The first-order valence-corrected chi connectivity index (χ1v) is 9.24. The van der Waals surface area contributed by atoms with Crippen molar-refractivity contribution in [3.8, 4) is 0 Å². The van der Waals surface area contributed by atoms with E-state index in [1.807, 2.05) is 36.5 Å². The van der Waals surface area contributed by atoms with E-state index in [9.17, 15) is 13.6 Å². The van der Waals surface area contributed by atoms with Crippen molar-refractivity contribution in [2.24, 2.45) is 5.92 Å². The number of benzene rings is 2. The second-order valence-corrected chi connectivity index (χ2v) is 7.32. The van der Waals surface area contributed by atoms with Gasteiger partial charge in [0.05, 0.1) is 11.2 Å². The molecule has 4 nitrogen and oxygen atoms in total. The van der Waals surface area contributed by atoms with E-state index in [0.29, 0.717) is 23.4 Å². The fraction of sp³-hybridized carbons (Fsp3) is 0.227. The monoisotopic (exact) mass is 381 g/mol. The maximum absolute atomic E-state index is 14.2. The molecule has 144 valence electrons. The molecule has 2 heterocycles. The third kappa shape index (κ3) is 3.15. The van der Waals surface area contributed by atoms with Gasteiger partial charge in [0.2, 0.25) is 5.56 Å². The molecule has 1 aliphatic rings. The van der Waals surface area contributed by atoms with Crippen LogP contribution in [0.2, 0.25) is 0 Å². The molecule has 1 unspecified atom stereocenters. The lowest BCUT2D eigenvalue weighted by molar-refractivity contribution is 0.225. The number of H-pyrrole nitrogens is 1. The number of aromatic amines is 1. The summed E-state index contributed by atoms with van der Waals surface area (Å²) in [5, 5.41) is 3.90. The van der Waals surface area contributed by atoms with Gasteiger partial charge >= 0.3 is 0 Å². The summed E-state index contributed by atoms with van der Waals surface area (Å²) in [5.41, 5.74) is 2.14. The van der Waals surface area contributed by atoms with Crippen molar-refractivity contribution in [1.82, 2.24) is 15.2 Å². The second kappa shape index (κ2) is 7.11. The quantitative estimate of drug-likeness (QED) is 0.712. The SMILES string of the molecule is CC(C)C1NC=C(c2ccccc2)N1Cc1cc(=O)[nH]c2c(F)c(F)ccc12. The van der Waals surface area contributed by atoms with Crippen LogP contribution in [0.1, 0.15) is 25.0 Å². The van der Waals surface area contributed by atoms with Gasteiger partial charge in [0.15, 0.2) is 11.6 Å². The summed E-state index contributed by atoms with van der Waals surface area (Å²) in [6, 6.07) is 14.0. The van der Waals surface area contributed by atoms with E-state index in [2.05, 4.69) is 29.0 Å². The van der Waals surface area contributed by atoms with Crippen LogP contribution in [0.4, 0.5) is 8.78 Å². The van der Waals surface area contributed by atoms with Crippen molar-refractivity contribution in [2.75, 3.05) is 0 Å². The van der Waals surface area contributed by atoms with Gasteiger partial charge in [-0.3, -0.25) is 4.79 Å². The van der Waals surface area contributed by atoms with Crippen LogP contribution < -0.4 is 10.9 Å². The van der Waals surface area contributed by atoms with Crippen LogP contribution in [0, 0.1) is 17.6 Å². The summed E-state index contributed by atoms with van der Waals surface area (Å²) < 4.78 is 27.9. The Morgan fingerprint density at radius 2 is 1.86 bits per heavy atom. The Bertz CT molecular complexity index is 1110. The molecule has 1 aromatic heterocycles. The molecular weight excluding hydrogens is 360 g/mol. The first kappa shape index (κ1) is 18.2. The number of aromatic nitrogens is 1. The van der Waals surface area contributed by atoms with E-state index >= 15 is 0 Å². The van der Waals surface area contributed by atoms with Crippen molar-refractivity contribution in [1.29, 1.82) is 0 Å². The Balaban J connectivity index is 1.80. The average molecular weight is 381 g/mol. The molecule has 0 amide bonds. The standard InChI is InChI=1S/C22H21F2N3O/c1-13(2)22-25-11-18(14-6-4-3-5-7-14)27(22)12-15-10-19(28)26-21-16(15)8-9-17(23)20(21)24/h3-11,13,22,25H,12H2,1-2H3,(H,26,28). The van der Waals surface area contributed by atoms with Crippen molar-refractivity contribution in [3.63, 3.8) is 0 Å². The van der Waals surface area contributed by atoms with Crippen LogP contribution in [0.15, 0.2) is 59.5 Å². The first-order chi connectivity index (χ1) is 13.5. The maximum atomic E-state index is 14.2. The zero-order valence-electron chi connectivity index (χ0n) is 15.7. The summed E-state index contributed by atoms with van der Waals surface area (Å²) in [7, 11) is 0. The molecule has 0 bridgehead atoms. The largest absolute Gasteiger partial charge is 0.369 e. The van der Waals surface area contributed by atoms with Gasteiger partial charge in [-0.2, -0.15) is 0 Å². The van der Waals surface area contributed by atoms with Gasteiger partial charge in [0.1, 0.15) is 6.17 Å². The molecular formula is C22H21F2N3O. The minimum absolute atomic E-state index is 0.0230. The van der Waals surface area contributed by atoms with Crippen molar-refractivity contribution in [3.05, 3.63) is 87.8 Å². The van der Waals surface area contributed by atoms with Crippen molar-refractivity contribution in [2.45, 2.75) is 26.6 Å². The predicted molar refractivity (Wildman–Crippen MR) is 106 cm³/mol. The number of halogens is 2. The van der Waals surface area contributed by atoms with Crippen LogP contribution in [0.25, 0.3) is 16.6 Å². The zero-order valence-corrected chi connectivity index (χ0v) is 15.7. The first-order valence-electron chi connectivity index (χ1n) is 9.24. The van der Waals surface area contributed by atoms with E-state index in [1.165, 1.54) is 12.1 Å². The highest BCUT2D eigenvalue weighted by Crippen LogP contribution is 2.31. The molecule has 2 N–H and O–H groups in total. The molecule has 0 radical (unpaired) electrons. The van der Waals surface area contributed by atoms with E-state index in [0.717, 1.165) is 17.3 Å². The summed E-state index contributed by atoms with van der Waals surface area (Å²) in [5.74, 6) is -1.72. The van der Waals surface area contributed by atoms with E-state index in [-0.39, 0.29) is 11.7 Å². The van der Waals surface area contributed by atoms with Crippen LogP contribution in [0.3, 0.4) is 0 Å². The second-order valence-electron chi connectivity index (χ2n) is 7.32. The number of hydrogen-bond donors (Lipinski definition) is 2. The van der Waals surface area contributed by atoms with Gasteiger partial charge in [0, 0.05) is 24.2 Å². The normalized spacial score (nSPS) is 16.5. The molecule has 0 fully saturated rings. The van der Waals surface area contributed by atoms with Crippen molar-refractivity contribution >= 4 is 16.6 Å². The Morgan fingerprint density at radius 1 is 1.11 bits per heavy atom. The van der Waals surface area contributed by atoms with Gasteiger partial charge in [-0.25, -0.2) is 8.78 Å². The fourth-order valence-electron chi connectivity index (χ4n) is 3.73. The lowest BCUT2D eigenvalue weighted by Crippen LogP contribution is -2.40. The predicted octanol–water partition coefficient (Wildman–Crippen LogP) is 4.19. The van der Waals surface area contributed by atoms with Crippen LogP contribution in [-0.4, -0.2) is 16.0 Å². The minimum atomic E-state index is -1.03. The summed E-state index contributed by atoms with van der Waals surface area (Å²) in [4.78, 5) is 16.7. The Labute approximate surface area is 161 Å². The van der Waals surface area contributed by atoms with Crippen LogP contribution in [0.5, 0.6) is 0 Å². The lowest BCUT2D eigenvalue weighted by atomic mass is 10.0. The molecule has 6 heteroatoms. The smallest absolute Gasteiger partial charge is 0.248 e. The molecule has 0 saturated carbocycles. The number of nitrogens with zero attached hydrogens (tertiary/aromatic N) is 1. The molecule has 0 spiro atoms. The highest BCUT2D eigenvalue weighted by atomic mass is 19.2. The molecule has 0 aliphatic carbocycles. The summed E-state index contributed by atoms with van der Waals surface area (Å²) >= 11 is 0. The molecule has 3 aromatic rings. The number of fused-ring (bicyclic) bond motifs is 1. The Morgan fingerprint density at radius 3 is 2.57 bits per heavy atom. The van der Waals surface area contributed by atoms with Gasteiger partial charge in [-0.15, -0.1) is 0 Å². The summed E-state index contributed by atoms with van der Waals surface area (Å²) in [6.07, 6.45) is 1.99. The van der Waals surface area contributed by atoms with E-state index in [4.69, 9.17) is 0 Å². The van der Waals surface area contributed by atoms with Crippen LogP contribution >= 0.6 is 0 Å². The Hall–Kier alpha value is -3.15. The van der Waals surface area contributed by atoms with Crippen molar-refractivity contribution < 1.29 is 8.78 Å². The fourth-order valence-corrected chi connectivity index (χ4v) is 3.73. The molecule has 1 atom stereocenters. The van der Waals surface area contributed by atoms with Gasteiger partial charge in [0.25, 0.3) is 0 Å². The summed E-state index contributed by atoms with van der Waals surface area (Å²) in [6.45, 7) is 4.61. The van der Waals surface area contributed by atoms with Crippen LogP contribution in [-0.2, 0) is 6.54 Å².